The van der Waals surface area contributed by atoms with Crippen LogP contribution in [0.25, 0.3) is 0 Å². The third kappa shape index (κ3) is 5.67. The number of hydrogen-bond acceptors (Lipinski definition) is 3. The Labute approximate surface area is 108 Å². The van der Waals surface area contributed by atoms with Gasteiger partial charge in [-0.1, -0.05) is 0 Å². The van der Waals surface area contributed by atoms with Crippen LogP contribution in [0.5, 0.6) is 0 Å². The SMILES string of the molecule is COCCCn1ccc(NC(=O)NC(C)(C)C)n1. The van der Waals surface area contributed by atoms with Crippen molar-refractivity contribution in [2.24, 2.45) is 0 Å². The maximum Gasteiger partial charge on any atom is 0.320 e. The molecule has 0 spiro atoms. The summed E-state index contributed by atoms with van der Waals surface area (Å²) < 4.78 is 6.75. The molecule has 0 fully saturated rings. The van der Waals surface area contributed by atoms with E-state index in [9.17, 15) is 4.79 Å². The zero-order valence-corrected chi connectivity index (χ0v) is 11.5. The molecular weight excluding hydrogens is 232 g/mol. The fraction of sp³-hybridized carbons (Fsp3) is 0.667. The van der Waals surface area contributed by atoms with Gasteiger partial charge in [0.05, 0.1) is 0 Å². The molecule has 1 aromatic rings. The summed E-state index contributed by atoms with van der Waals surface area (Å²) in [7, 11) is 1.67. The third-order valence-electron chi connectivity index (χ3n) is 2.11. The van der Waals surface area contributed by atoms with Crippen LogP contribution in [0, 0.1) is 0 Å². The first-order valence-electron chi connectivity index (χ1n) is 6.02. The number of anilines is 1. The number of aryl methyl sites for hydroxylation is 1. The van der Waals surface area contributed by atoms with Crippen LogP contribution < -0.4 is 10.6 Å². The normalized spacial score (nSPS) is 11.3. The number of nitrogens with one attached hydrogen (secondary N) is 2. The van der Waals surface area contributed by atoms with Crippen LogP contribution in [0.2, 0.25) is 0 Å². The molecule has 0 aliphatic rings. The molecule has 1 rings (SSSR count). The third-order valence-corrected chi connectivity index (χ3v) is 2.11. The Balaban J connectivity index is 2.41. The summed E-state index contributed by atoms with van der Waals surface area (Å²) >= 11 is 0. The highest BCUT2D eigenvalue weighted by Crippen LogP contribution is 2.04. The summed E-state index contributed by atoms with van der Waals surface area (Å²) in [5.74, 6) is 0.550. The first-order valence-corrected chi connectivity index (χ1v) is 6.02. The van der Waals surface area contributed by atoms with Gasteiger partial charge < -0.3 is 10.1 Å². The van der Waals surface area contributed by atoms with E-state index < -0.39 is 0 Å². The van der Waals surface area contributed by atoms with Crippen molar-refractivity contribution < 1.29 is 9.53 Å². The van der Waals surface area contributed by atoms with E-state index in [-0.39, 0.29) is 11.6 Å². The Morgan fingerprint density at radius 3 is 2.83 bits per heavy atom. The van der Waals surface area contributed by atoms with Crippen LogP contribution in [0.4, 0.5) is 10.6 Å². The molecule has 102 valence electrons. The first kappa shape index (κ1) is 14.5. The molecule has 2 N–H and O–H groups in total. The minimum atomic E-state index is -0.259. The number of rotatable bonds is 5. The van der Waals surface area contributed by atoms with Crippen molar-refractivity contribution in [3.05, 3.63) is 12.3 Å². The molecule has 0 aliphatic carbocycles. The van der Waals surface area contributed by atoms with Gasteiger partial charge in [0.1, 0.15) is 0 Å². The van der Waals surface area contributed by atoms with E-state index in [1.54, 1.807) is 17.9 Å². The van der Waals surface area contributed by atoms with Gasteiger partial charge in [-0.15, -0.1) is 0 Å². The number of amides is 2. The second kappa shape index (κ2) is 6.39. The summed E-state index contributed by atoms with van der Waals surface area (Å²) in [4.78, 5) is 11.6. The molecule has 1 heterocycles. The molecule has 0 saturated carbocycles. The van der Waals surface area contributed by atoms with E-state index in [0.717, 1.165) is 13.0 Å². The summed E-state index contributed by atoms with van der Waals surface area (Å²) in [6.07, 6.45) is 2.73. The van der Waals surface area contributed by atoms with Crippen molar-refractivity contribution in [2.45, 2.75) is 39.3 Å². The van der Waals surface area contributed by atoms with Crippen molar-refractivity contribution in [3.8, 4) is 0 Å². The van der Waals surface area contributed by atoms with Crippen LogP contribution in [0.15, 0.2) is 12.3 Å². The molecule has 0 atom stereocenters. The number of hydrogen-bond donors (Lipinski definition) is 2. The van der Waals surface area contributed by atoms with Crippen LogP contribution in [0.3, 0.4) is 0 Å². The van der Waals surface area contributed by atoms with Gasteiger partial charge in [-0.2, -0.15) is 5.10 Å². The minimum Gasteiger partial charge on any atom is -0.385 e. The highest BCUT2D eigenvalue weighted by atomic mass is 16.5. The van der Waals surface area contributed by atoms with Gasteiger partial charge in [-0.3, -0.25) is 10.00 Å². The summed E-state index contributed by atoms with van der Waals surface area (Å²) in [6.45, 7) is 7.26. The molecule has 1 aromatic heterocycles. The van der Waals surface area contributed by atoms with Crippen molar-refractivity contribution in [3.63, 3.8) is 0 Å². The maximum absolute atomic E-state index is 11.6. The molecular formula is C12H22N4O2. The standard InChI is InChI=1S/C12H22N4O2/c1-12(2,3)14-11(17)13-10-6-8-16(15-10)7-5-9-18-4/h6,8H,5,7,9H2,1-4H3,(H2,13,14,15,17). The van der Waals surface area contributed by atoms with E-state index in [1.807, 2.05) is 27.0 Å². The zero-order valence-electron chi connectivity index (χ0n) is 11.5. The van der Waals surface area contributed by atoms with Crippen LogP contribution in [0.1, 0.15) is 27.2 Å². The zero-order chi connectivity index (χ0) is 13.6. The van der Waals surface area contributed by atoms with E-state index >= 15 is 0 Å². The Morgan fingerprint density at radius 1 is 1.50 bits per heavy atom. The maximum atomic E-state index is 11.6. The molecule has 0 aliphatic heterocycles. The lowest BCUT2D eigenvalue weighted by molar-refractivity contribution is 0.189. The second-order valence-corrected chi connectivity index (χ2v) is 5.14. The number of aromatic nitrogens is 2. The summed E-state index contributed by atoms with van der Waals surface area (Å²) in [5, 5.41) is 9.75. The number of carbonyl (C=O) groups is 1. The fourth-order valence-corrected chi connectivity index (χ4v) is 1.41. The van der Waals surface area contributed by atoms with Crippen molar-refractivity contribution in [2.75, 3.05) is 19.0 Å². The molecule has 0 bridgehead atoms. The van der Waals surface area contributed by atoms with Gasteiger partial charge in [-0.05, 0) is 27.2 Å². The second-order valence-electron chi connectivity index (χ2n) is 5.14. The summed E-state index contributed by atoms with van der Waals surface area (Å²) in [6, 6.07) is 1.53. The van der Waals surface area contributed by atoms with Gasteiger partial charge in [-0.25, -0.2) is 4.79 Å². The quantitative estimate of drug-likeness (QED) is 0.788. The van der Waals surface area contributed by atoms with Gasteiger partial charge in [0, 0.05) is 38.1 Å². The van der Waals surface area contributed by atoms with Gasteiger partial charge >= 0.3 is 6.03 Å². The first-order chi connectivity index (χ1) is 8.40. The van der Waals surface area contributed by atoms with Gasteiger partial charge in [0.2, 0.25) is 0 Å². The average molecular weight is 254 g/mol. The number of nitrogens with zero attached hydrogens (tertiary/aromatic N) is 2. The Morgan fingerprint density at radius 2 is 2.22 bits per heavy atom. The largest absolute Gasteiger partial charge is 0.385 e. The lowest BCUT2D eigenvalue weighted by Gasteiger charge is -2.20. The van der Waals surface area contributed by atoms with E-state index in [4.69, 9.17) is 4.74 Å². The molecule has 6 nitrogen and oxygen atoms in total. The van der Waals surface area contributed by atoms with Crippen molar-refractivity contribution in [1.29, 1.82) is 0 Å². The fourth-order valence-electron chi connectivity index (χ4n) is 1.41. The molecule has 0 saturated heterocycles. The highest BCUT2D eigenvalue weighted by Gasteiger charge is 2.14. The van der Waals surface area contributed by atoms with E-state index in [0.29, 0.717) is 12.4 Å². The number of ether oxygens (including phenoxy) is 1. The van der Waals surface area contributed by atoms with E-state index in [1.165, 1.54) is 0 Å². The van der Waals surface area contributed by atoms with Gasteiger partial charge in [0.25, 0.3) is 0 Å². The van der Waals surface area contributed by atoms with Gasteiger partial charge in [0.15, 0.2) is 5.82 Å². The average Bonchev–Trinajstić information content (AvgIpc) is 2.63. The molecule has 0 radical (unpaired) electrons. The molecule has 6 heteroatoms. The number of carbonyl (C=O) groups excluding carboxylic acids is 1. The lowest BCUT2D eigenvalue weighted by Crippen LogP contribution is -2.43. The molecule has 18 heavy (non-hydrogen) atoms. The minimum absolute atomic E-state index is 0.246. The molecule has 0 unspecified atom stereocenters. The van der Waals surface area contributed by atoms with Crippen LogP contribution >= 0.6 is 0 Å². The summed E-state index contributed by atoms with van der Waals surface area (Å²) in [5.41, 5.74) is -0.259. The molecule has 2 amide bonds. The van der Waals surface area contributed by atoms with Crippen LogP contribution in [-0.4, -0.2) is 35.1 Å². The van der Waals surface area contributed by atoms with Crippen LogP contribution in [-0.2, 0) is 11.3 Å². The molecule has 0 aromatic carbocycles. The predicted molar refractivity (Wildman–Crippen MR) is 70.6 cm³/mol. The Kier molecular flexibility index (Phi) is 5.15. The van der Waals surface area contributed by atoms with E-state index in [2.05, 4.69) is 15.7 Å². The smallest absolute Gasteiger partial charge is 0.320 e. The Hall–Kier alpha value is -1.56. The Bertz CT molecular complexity index is 382. The number of methoxy groups -OCH3 is 1. The number of urea groups is 1. The topological polar surface area (TPSA) is 68.2 Å². The highest BCUT2D eigenvalue weighted by molar-refractivity contribution is 5.88. The van der Waals surface area contributed by atoms with Crippen molar-refractivity contribution >= 4 is 11.8 Å². The van der Waals surface area contributed by atoms with Crippen molar-refractivity contribution in [1.82, 2.24) is 15.1 Å². The monoisotopic (exact) mass is 254 g/mol. The predicted octanol–water partition coefficient (Wildman–Crippen LogP) is 1.84. The lowest BCUT2D eigenvalue weighted by atomic mass is 10.1.